The lowest BCUT2D eigenvalue weighted by molar-refractivity contribution is 0.317. The van der Waals surface area contributed by atoms with Crippen molar-refractivity contribution in [1.29, 1.82) is 0 Å². The summed E-state index contributed by atoms with van der Waals surface area (Å²) in [6.07, 6.45) is 4.71. The molecule has 0 bridgehead atoms. The molecule has 0 spiro atoms. The average molecular weight is 259 g/mol. The van der Waals surface area contributed by atoms with Crippen LogP contribution in [0.15, 0.2) is 18.3 Å². The number of aryl methyl sites for hydroxylation is 3. The molecule has 19 heavy (non-hydrogen) atoms. The highest BCUT2D eigenvalue weighted by molar-refractivity contribution is 5.41. The van der Waals surface area contributed by atoms with E-state index in [1.807, 2.05) is 0 Å². The van der Waals surface area contributed by atoms with Gasteiger partial charge in [-0.3, -0.25) is 0 Å². The van der Waals surface area contributed by atoms with Crippen LogP contribution in [0.2, 0.25) is 0 Å². The molecule has 0 saturated carbocycles. The summed E-state index contributed by atoms with van der Waals surface area (Å²) < 4.78 is 5.69. The second-order valence-electron chi connectivity index (χ2n) is 4.85. The maximum absolute atomic E-state index is 5.69. The monoisotopic (exact) mass is 259 g/mol. The Morgan fingerprint density at radius 2 is 1.89 bits per heavy atom. The van der Waals surface area contributed by atoms with Gasteiger partial charge in [-0.2, -0.15) is 15.4 Å². The summed E-state index contributed by atoms with van der Waals surface area (Å²) in [5.74, 6) is 0.974. The fourth-order valence-electron chi connectivity index (χ4n) is 2.25. The quantitative estimate of drug-likeness (QED) is 0.867. The smallest absolute Gasteiger partial charge is 0.119 e. The molecule has 0 radical (unpaired) electrons. The normalized spacial score (nSPS) is 10.7. The molecule has 0 amide bonds. The van der Waals surface area contributed by atoms with Gasteiger partial charge in [-0.05, 0) is 61.9 Å². The Hall–Kier alpha value is -1.84. The molecule has 102 valence electrons. The molecule has 2 rings (SSSR count). The summed E-state index contributed by atoms with van der Waals surface area (Å²) in [6, 6.07) is 4.25. The Morgan fingerprint density at radius 1 is 1.16 bits per heavy atom. The lowest BCUT2D eigenvalue weighted by Crippen LogP contribution is -2.01. The summed E-state index contributed by atoms with van der Waals surface area (Å²) in [4.78, 5) is 0. The van der Waals surface area contributed by atoms with E-state index in [1.54, 1.807) is 6.20 Å². The van der Waals surface area contributed by atoms with Crippen molar-refractivity contribution in [3.05, 3.63) is 40.7 Å². The minimum Gasteiger partial charge on any atom is -0.494 e. The van der Waals surface area contributed by atoms with E-state index < -0.39 is 0 Å². The van der Waals surface area contributed by atoms with Crippen LogP contribution in [-0.2, 0) is 12.8 Å². The van der Waals surface area contributed by atoms with Crippen molar-refractivity contribution in [1.82, 2.24) is 15.4 Å². The van der Waals surface area contributed by atoms with E-state index in [-0.39, 0.29) is 0 Å². The van der Waals surface area contributed by atoms with Crippen molar-refractivity contribution in [2.75, 3.05) is 6.61 Å². The number of ether oxygens (including phenoxy) is 1. The van der Waals surface area contributed by atoms with Crippen molar-refractivity contribution in [3.63, 3.8) is 0 Å². The molecule has 1 aromatic carbocycles. The summed E-state index contributed by atoms with van der Waals surface area (Å²) >= 11 is 0. The number of aromatic amines is 1. The summed E-state index contributed by atoms with van der Waals surface area (Å²) in [5.41, 5.74) is 4.96. The van der Waals surface area contributed by atoms with E-state index in [9.17, 15) is 0 Å². The third-order valence-corrected chi connectivity index (χ3v) is 3.24. The van der Waals surface area contributed by atoms with Crippen LogP contribution in [0.4, 0.5) is 0 Å². The number of nitrogens with zero attached hydrogens (tertiary/aromatic N) is 2. The highest BCUT2D eigenvalue weighted by atomic mass is 16.5. The standard InChI is InChI=1S/C15H21N3O/c1-4-7-19-14-8-11(2)15(12(3)9-14)6-5-13-10-16-18-17-13/h8-10H,4-7H2,1-3H3,(H,16,17,18). The lowest BCUT2D eigenvalue weighted by atomic mass is 9.97. The first kappa shape index (κ1) is 13.6. The maximum atomic E-state index is 5.69. The zero-order chi connectivity index (χ0) is 13.7. The summed E-state index contributed by atoms with van der Waals surface area (Å²) in [6.45, 7) is 7.18. The molecule has 0 aliphatic carbocycles. The van der Waals surface area contributed by atoms with Crippen LogP contribution in [0.5, 0.6) is 5.75 Å². The van der Waals surface area contributed by atoms with Crippen molar-refractivity contribution in [3.8, 4) is 5.75 Å². The Balaban J connectivity index is 2.08. The number of nitrogens with one attached hydrogen (secondary N) is 1. The van der Waals surface area contributed by atoms with Crippen molar-refractivity contribution < 1.29 is 4.74 Å². The van der Waals surface area contributed by atoms with Crippen molar-refractivity contribution in [2.24, 2.45) is 0 Å². The maximum Gasteiger partial charge on any atom is 0.119 e. The molecule has 0 aliphatic heterocycles. The van der Waals surface area contributed by atoms with Crippen LogP contribution in [-0.4, -0.2) is 22.0 Å². The molecule has 0 fully saturated rings. The van der Waals surface area contributed by atoms with E-state index in [1.165, 1.54) is 16.7 Å². The van der Waals surface area contributed by atoms with Crippen LogP contribution >= 0.6 is 0 Å². The molecule has 0 atom stereocenters. The lowest BCUT2D eigenvalue weighted by Gasteiger charge is -2.13. The Morgan fingerprint density at radius 3 is 2.47 bits per heavy atom. The first-order valence-corrected chi connectivity index (χ1v) is 6.78. The average Bonchev–Trinajstić information content (AvgIpc) is 2.88. The molecule has 1 N–H and O–H groups in total. The second kappa shape index (κ2) is 6.36. The number of hydrogen-bond acceptors (Lipinski definition) is 3. The first-order valence-electron chi connectivity index (χ1n) is 6.78. The third kappa shape index (κ3) is 3.56. The van der Waals surface area contributed by atoms with E-state index in [2.05, 4.69) is 48.3 Å². The van der Waals surface area contributed by atoms with Crippen LogP contribution < -0.4 is 4.74 Å². The van der Waals surface area contributed by atoms with Crippen molar-refractivity contribution in [2.45, 2.75) is 40.0 Å². The highest BCUT2D eigenvalue weighted by Gasteiger charge is 2.07. The predicted molar refractivity (Wildman–Crippen MR) is 75.5 cm³/mol. The van der Waals surface area contributed by atoms with Crippen LogP contribution in [0.1, 0.15) is 35.7 Å². The SMILES string of the molecule is CCCOc1cc(C)c(CCc2cn[nH]n2)c(C)c1. The van der Waals surface area contributed by atoms with Gasteiger partial charge in [0.2, 0.25) is 0 Å². The largest absolute Gasteiger partial charge is 0.494 e. The molecule has 0 saturated heterocycles. The van der Waals surface area contributed by atoms with E-state index >= 15 is 0 Å². The molecule has 1 aromatic heterocycles. The zero-order valence-corrected chi connectivity index (χ0v) is 11.9. The van der Waals surface area contributed by atoms with Gasteiger partial charge in [0.1, 0.15) is 5.75 Å². The fraction of sp³-hybridized carbons (Fsp3) is 0.467. The number of H-pyrrole nitrogens is 1. The van der Waals surface area contributed by atoms with Gasteiger partial charge in [0.05, 0.1) is 18.5 Å². The number of hydrogen-bond donors (Lipinski definition) is 1. The predicted octanol–water partition coefficient (Wildman–Crippen LogP) is 3.00. The molecule has 4 nitrogen and oxygen atoms in total. The van der Waals surface area contributed by atoms with E-state index in [0.29, 0.717) is 0 Å². The van der Waals surface area contributed by atoms with Crippen LogP contribution in [0.3, 0.4) is 0 Å². The molecule has 0 aliphatic rings. The number of rotatable bonds is 6. The van der Waals surface area contributed by atoms with Gasteiger partial charge in [-0.1, -0.05) is 6.92 Å². The first-order chi connectivity index (χ1) is 9.20. The fourth-order valence-corrected chi connectivity index (χ4v) is 2.25. The molecule has 4 heteroatoms. The minimum absolute atomic E-state index is 0.775. The Labute approximate surface area is 114 Å². The van der Waals surface area contributed by atoms with Gasteiger partial charge in [0, 0.05) is 0 Å². The highest BCUT2D eigenvalue weighted by Crippen LogP contribution is 2.23. The van der Waals surface area contributed by atoms with Crippen molar-refractivity contribution >= 4 is 0 Å². The molecular weight excluding hydrogens is 238 g/mol. The molecule has 1 heterocycles. The zero-order valence-electron chi connectivity index (χ0n) is 11.9. The summed E-state index contributed by atoms with van der Waals surface area (Å²) in [5, 5.41) is 10.6. The molecule has 0 unspecified atom stereocenters. The molecule has 2 aromatic rings. The van der Waals surface area contributed by atoms with Gasteiger partial charge in [-0.25, -0.2) is 0 Å². The Bertz CT molecular complexity index is 497. The minimum atomic E-state index is 0.775. The van der Waals surface area contributed by atoms with E-state index in [4.69, 9.17) is 4.74 Å². The van der Waals surface area contributed by atoms with Gasteiger partial charge in [0.25, 0.3) is 0 Å². The van der Waals surface area contributed by atoms with Crippen LogP contribution in [0.25, 0.3) is 0 Å². The van der Waals surface area contributed by atoms with Gasteiger partial charge in [-0.15, -0.1) is 0 Å². The van der Waals surface area contributed by atoms with Gasteiger partial charge < -0.3 is 4.74 Å². The topological polar surface area (TPSA) is 50.8 Å². The second-order valence-corrected chi connectivity index (χ2v) is 4.85. The summed E-state index contributed by atoms with van der Waals surface area (Å²) in [7, 11) is 0. The van der Waals surface area contributed by atoms with E-state index in [0.717, 1.165) is 37.3 Å². The third-order valence-electron chi connectivity index (χ3n) is 3.24. The Kier molecular flexibility index (Phi) is 4.55. The van der Waals surface area contributed by atoms with Gasteiger partial charge in [0.15, 0.2) is 0 Å². The van der Waals surface area contributed by atoms with Gasteiger partial charge >= 0.3 is 0 Å². The molecular formula is C15H21N3O. The number of benzene rings is 1. The van der Waals surface area contributed by atoms with Crippen LogP contribution in [0, 0.1) is 13.8 Å². The number of aromatic nitrogens is 3.